The van der Waals surface area contributed by atoms with Crippen LogP contribution in [-0.2, 0) is 6.67 Å². The SMILES string of the molecule is CCCC(CCNCn1cc(OC2CCC(N)c3ccccc32)ccc1=N)N(C)CC. The van der Waals surface area contributed by atoms with Crippen LogP contribution < -0.4 is 21.3 Å². The Hall–Kier alpha value is -2.15. The first-order valence-electron chi connectivity index (χ1n) is 11.7. The molecule has 4 N–H and O–H groups in total. The third-order valence-electron chi connectivity index (χ3n) is 6.44. The number of nitrogens with zero attached hydrogens (tertiary/aromatic N) is 2. The number of aromatic nitrogens is 1. The van der Waals surface area contributed by atoms with Gasteiger partial charge in [-0.05, 0) is 69.1 Å². The lowest BCUT2D eigenvalue weighted by Gasteiger charge is -2.30. The molecule has 3 unspecified atom stereocenters. The molecule has 2 aromatic rings. The molecule has 0 bridgehead atoms. The molecular weight excluding hydrogens is 386 g/mol. The Kier molecular flexibility index (Phi) is 8.69. The van der Waals surface area contributed by atoms with Crippen LogP contribution in [-0.4, -0.2) is 35.6 Å². The summed E-state index contributed by atoms with van der Waals surface area (Å²) in [5.41, 5.74) is 9.13. The quantitative estimate of drug-likeness (QED) is 0.477. The molecule has 3 rings (SSSR count). The van der Waals surface area contributed by atoms with E-state index in [4.69, 9.17) is 15.9 Å². The van der Waals surface area contributed by atoms with Crippen LogP contribution in [0, 0.1) is 5.41 Å². The maximum absolute atomic E-state index is 8.26. The highest BCUT2D eigenvalue weighted by Crippen LogP contribution is 2.37. The summed E-state index contributed by atoms with van der Waals surface area (Å²) >= 11 is 0. The lowest BCUT2D eigenvalue weighted by molar-refractivity contribution is 0.175. The number of nitrogens with two attached hydrogens (primary N) is 1. The van der Waals surface area contributed by atoms with E-state index in [1.807, 2.05) is 35.0 Å². The molecule has 31 heavy (non-hydrogen) atoms. The number of rotatable bonds is 11. The van der Waals surface area contributed by atoms with Gasteiger partial charge in [0.05, 0.1) is 6.67 Å². The Morgan fingerprint density at radius 2 is 1.94 bits per heavy atom. The number of benzene rings is 1. The van der Waals surface area contributed by atoms with E-state index in [9.17, 15) is 0 Å². The van der Waals surface area contributed by atoms with Crippen LogP contribution in [0.4, 0.5) is 0 Å². The molecule has 0 amide bonds. The van der Waals surface area contributed by atoms with Crippen LogP contribution in [0.2, 0.25) is 0 Å². The fraction of sp³-hybridized carbons (Fsp3) is 0.560. The Morgan fingerprint density at radius 3 is 2.68 bits per heavy atom. The number of hydrogen-bond acceptors (Lipinski definition) is 5. The molecule has 1 aliphatic carbocycles. The van der Waals surface area contributed by atoms with Crippen molar-refractivity contribution in [2.75, 3.05) is 20.1 Å². The van der Waals surface area contributed by atoms with E-state index in [0.717, 1.165) is 38.1 Å². The molecule has 0 saturated carbocycles. The van der Waals surface area contributed by atoms with Crippen LogP contribution in [0.3, 0.4) is 0 Å². The van der Waals surface area contributed by atoms with Gasteiger partial charge >= 0.3 is 0 Å². The summed E-state index contributed by atoms with van der Waals surface area (Å²) in [6, 6.07) is 12.7. The third kappa shape index (κ3) is 6.19. The van der Waals surface area contributed by atoms with Crippen molar-refractivity contribution in [2.45, 2.75) is 70.8 Å². The van der Waals surface area contributed by atoms with Crippen molar-refractivity contribution in [2.24, 2.45) is 5.73 Å². The summed E-state index contributed by atoms with van der Waals surface area (Å²) in [7, 11) is 2.20. The summed E-state index contributed by atoms with van der Waals surface area (Å²) in [5.74, 6) is 0.794. The van der Waals surface area contributed by atoms with Gasteiger partial charge in [-0.1, -0.05) is 44.5 Å². The first-order chi connectivity index (χ1) is 15.0. The highest BCUT2D eigenvalue weighted by molar-refractivity contribution is 5.35. The first-order valence-corrected chi connectivity index (χ1v) is 11.7. The van der Waals surface area contributed by atoms with Gasteiger partial charge in [0, 0.05) is 18.3 Å². The summed E-state index contributed by atoms with van der Waals surface area (Å²) in [5, 5.41) is 11.8. The Labute approximate surface area is 186 Å². The zero-order valence-electron chi connectivity index (χ0n) is 19.3. The average Bonchev–Trinajstić information content (AvgIpc) is 2.79. The number of pyridine rings is 1. The van der Waals surface area contributed by atoms with Crippen molar-refractivity contribution in [1.29, 1.82) is 5.41 Å². The lowest BCUT2D eigenvalue weighted by atomic mass is 9.86. The van der Waals surface area contributed by atoms with Crippen LogP contribution in [0.15, 0.2) is 42.6 Å². The van der Waals surface area contributed by atoms with Crippen LogP contribution in [0.5, 0.6) is 5.75 Å². The molecule has 0 aliphatic heterocycles. The van der Waals surface area contributed by atoms with Gasteiger partial charge in [0.1, 0.15) is 17.3 Å². The molecule has 0 spiro atoms. The number of nitrogens with one attached hydrogen (secondary N) is 2. The van der Waals surface area contributed by atoms with E-state index >= 15 is 0 Å². The van der Waals surface area contributed by atoms with Gasteiger partial charge < -0.3 is 19.9 Å². The van der Waals surface area contributed by atoms with E-state index in [2.05, 4.69) is 43.2 Å². The molecule has 0 fully saturated rings. The topological polar surface area (TPSA) is 79.3 Å². The van der Waals surface area contributed by atoms with E-state index < -0.39 is 0 Å². The summed E-state index contributed by atoms with van der Waals surface area (Å²) in [6.45, 7) is 7.07. The lowest BCUT2D eigenvalue weighted by Crippen LogP contribution is -2.35. The Morgan fingerprint density at radius 1 is 1.16 bits per heavy atom. The van der Waals surface area contributed by atoms with E-state index in [1.54, 1.807) is 0 Å². The molecule has 1 aromatic heterocycles. The molecule has 170 valence electrons. The van der Waals surface area contributed by atoms with E-state index in [1.165, 1.54) is 24.0 Å². The van der Waals surface area contributed by atoms with Gasteiger partial charge in [0.25, 0.3) is 0 Å². The largest absolute Gasteiger partial charge is 0.484 e. The standard InChI is InChI=1S/C25H39N5O/c1-4-8-19(29(3)5-2)15-16-28-18-30-17-20(11-14-25(30)27)31-24-13-12-23(26)21-9-6-7-10-22(21)24/h6-7,9-11,14,17,19,23-24,27-28H,4-5,8,12-13,15-16,18,26H2,1-3H3. The van der Waals surface area contributed by atoms with Crippen LogP contribution in [0.25, 0.3) is 0 Å². The first kappa shape index (κ1) is 23.5. The zero-order chi connectivity index (χ0) is 22.2. The minimum absolute atomic E-state index is 0.00776. The molecular formula is C25H39N5O. The summed E-state index contributed by atoms with van der Waals surface area (Å²) < 4.78 is 8.26. The minimum Gasteiger partial charge on any atom is -0.484 e. The fourth-order valence-corrected chi connectivity index (χ4v) is 4.44. The fourth-order valence-electron chi connectivity index (χ4n) is 4.44. The van der Waals surface area contributed by atoms with Crippen molar-refractivity contribution < 1.29 is 4.74 Å². The minimum atomic E-state index is 0.00776. The second-order valence-corrected chi connectivity index (χ2v) is 8.60. The number of hydrogen-bond donors (Lipinski definition) is 3. The third-order valence-corrected chi connectivity index (χ3v) is 6.44. The maximum Gasteiger partial charge on any atom is 0.136 e. The maximum atomic E-state index is 8.26. The second-order valence-electron chi connectivity index (χ2n) is 8.60. The molecule has 3 atom stereocenters. The number of ether oxygens (including phenoxy) is 1. The van der Waals surface area contributed by atoms with E-state index in [0.29, 0.717) is 18.2 Å². The smallest absolute Gasteiger partial charge is 0.136 e. The molecule has 1 aliphatic rings. The number of fused-ring (bicyclic) bond motifs is 1. The van der Waals surface area contributed by atoms with Gasteiger partial charge in [-0.3, -0.25) is 10.7 Å². The van der Waals surface area contributed by atoms with Crippen LogP contribution in [0.1, 0.15) is 69.2 Å². The Balaban J connectivity index is 1.60. The van der Waals surface area contributed by atoms with Crippen molar-refractivity contribution in [3.05, 3.63) is 59.2 Å². The van der Waals surface area contributed by atoms with Crippen molar-refractivity contribution in [3.8, 4) is 5.75 Å². The van der Waals surface area contributed by atoms with Crippen molar-refractivity contribution in [1.82, 2.24) is 14.8 Å². The average molecular weight is 426 g/mol. The highest BCUT2D eigenvalue weighted by Gasteiger charge is 2.26. The predicted octanol–water partition coefficient (Wildman–Crippen LogP) is 3.94. The van der Waals surface area contributed by atoms with E-state index in [-0.39, 0.29) is 12.1 Å². The predicted molar refractivity (Wildman–Crippen MR) is 126 cm³/mol. The van der Waals surface area contributed by atoms with Gasteiger partial charge in [-0.15, -0.1) is 0 Å². The normalized spacial score (nSPS) is 19.3. The molecule has 1 heterocycles. The van der Waals surface area contributed by atoms with Crippen molar-refractivity contribution >= 4 is 0 Å². The monoisotopic (exact) mass is 425 g/mol. The van der Waals surface area contributed by atoms with Gasteiger partial charge in [0.15, 0.2) is 0 Å². The zero-order valence-corrected chi connectivity index (χ0v) is 19.3. The Bertz CT molecular complexity index is 880. The van der Waals surface area contributed by atoms with Crippen molar-refractivity contribution in [3.63, 3.8) is 0 Å². The molecule has 6 nitrogen and oxygen atoms in total. The van der Waals surface area contributed by atoms with Gasteiger partial charge in [-0.25, -0.2) is 0 Å². The molecule has 6 heteroatoms. The van der Waals surface area contributed by atoms with Gasteiger partial charge in [-0.2, -0.15) is 0 Å². The molecule has 1 aromatic carbocycles. The van der Waals surface area contributed by atoms with Crippen LogP contribution >= 0.6 is 0 Å². The second kappa shape index (κ2) is 11.5. The summed E-state index contributed by atoms with van der Waals surface area (Å²) in [6.07, 6.45) is 7.31. The summed E-state index contributed by atoms with van der Waals surface area (Å²) in [4.78, 5) is 2.43. The molecule has 0 saturated heterocycles. The molecule has 0 radical (unpaired) electrons. The van der Waals surface area contributed by atoms with Gasteiger partial charge in [0.2, 0.25) is 0 Å². The highest BCUT2D eigenvalue weighted by atomic mass is 16.5.